The van der Waals surface area contributed by atoms with E-state index in [9.17, 15) is 19.5 Å². The normalized spacial score (nSPS) is 29.3. The third-order valence-electron chi connectivity index (χ3n) is 6.56. The number of rotatable bonds is 5. The lowest BCUT2D eigenvalue weighted by Crippen LogP contribution is -2.37. The van der Waals surface area contributed by atoms with E-state index >= 15 is 0 Å². The molecule has 4 rings (SSSR count). The number of fused-ring (bicyclic) bond motifs is 1. The fourth-order valence-corrected chi connectivity index (χ4v) is 5.06. The summed E-state index contributed by atoms with van der Waals surface area (Å²) in [5, 5.41) is 10.2. The smallest absolute Gasteiger partial charge is 0.233 e. The molecule has 0 bridgehead atoms. The van der Waals surface area contributed by atoms with E-state index in [2.05, 4.69) is 0 Å². The van der Waals surface area contributed by atoms with Crippen LogP contribution in [-0.2, 0) is 14.4 Å². The summed E-state index contributed by atoms with van der Waals surface area (Å²) >= 11 is 0. The number of aliphatic hydroxyl groups excluding tert-OH is 1. The number of β-amino-alcohol motifs (C(OH)–C–C–N with tert-alkyl or cyclic N) is 1. The number of nitrogens with zero attached hydrogens (tertiary/aromatic N) is 2. The number of aliphatic hydroxyl groups is 1. The maximum absolute atomic E-state index is 12.9. The molecule has 29 heavy (non-hydrogen) atoms. The van der Waals surface area contributed by atoms with Gasteiger partial charge in [0.1, 0.15) is 5.75 Å². The number of carbonyl (C=O) groups is 3. The molecule has 1 N–H and O–H groups in total. The summed E-state index contributed by atoms with van der Waals surface area (Å²) in [5.41, 5.74) is 0.911. The Labute approximate surface area is 170 Å². The van der Waals surface area contributed by atoms with Crippen LogP contribution in [0.25, 0.3) is 0 Å². The number of methoxy groups -OCH3 is 1. The van der Waals surface area contributed by atoms with Gasteiger partial charge in [-0.05, 0) is 37.0 Å². The number of benzene rings is 1. The minimum Gasteiger partial charge on any atom is -0.497 e. The number of carbonyl (C=O) groups excluding carboxylic acids is 3. The zero-order chi connectivity index (χ0) is 20.5. The molecule has 1 aliphatic carbocycles. The molecule has 0 unspecified atom stereocenters. The molecule has 0 aromatic heterocycles. The van der Waals surface area contributed by atoms with Gasteiger partial charge in [-0.25, -0.2) is 0 Å². The molecule has 3 aliphatic rings. The van der Waals surface area contributed by atoms with Crippen LogP contribution in [0, 0.1) is 11.8 Å². The van der Waals surface area contributed by atoms with E-state index in [4.69, 9.17) is 4.74 Å². The second-order valence-corrected chi connectivity index (χ2v) is 8.30. The van der Waals surface area contributed by atoms with Crippen molar-refractivity contribution in [3.05, 3.63) is 29.8 Å². The Morgan fingerprint density at radius 1 is 1.17 bits per heavy atom. The van der Waals surface area contributed by atoms with Crippen LogP contribution in [-0.4, -0.2) is 58.9 Å². The van der Waals surface area contributed by atoms with Crippen LogP contribution in [0.1, 0.15) is 50.1 Å². The number of amides is 3. The maximum Gasteiger partial charge on any atom is 0.233 e. The molecule has 3 amide bonds. The van der Waals surface area contributed by atoms with Crippen LogP contribution in [0.3, 0.4) is 0 Å². The molecule has 7 nitrogen and oxygen atoms in total. The SMILES string of the molecule is COc1cccc([C@@H]2C[C@H](O)CN2C(=O)CCN2C(=O)[C@H]3CCCC[C@H]3C2=O)c1. The van der Waals surface area contributed by atoms with Gasteiger partial charge >= 0.3 is 0 Å². The van der Waals surface area contributed by atoms with E-state index < -0.39 is 6.10 Å². The van der Waals surface area contributed by atoms with Gasteiger partial charge in [0.25, 0.3) is 0 Å². The molecule has 2 aliphatic heterocycles. The van der Waals surface area contributed by atoms with E-state index in [0.29, 0.717) is 12.2 Å². The second-order valence-electron chi connectivity index (χ2n) is 8.30. The van der Waals surface area contributed by atoms with Gasteiger partial charge in [0, 0.05) is 19.5 Å². The highest BCUT2D eigenvalue weighted by atomic mass is 16.5. The molecule has 0 spiro atoms. The van der Waals surface area contributed by atoms with Gasteiger partial charge in [-0.3, -0.25) is 19.3 Å². The molecule has 1 aromatic carbocycles. The van der Waals surface area contributed by atoms with Crippen molar-refractivity contribution < 1.29 is 24.2 Å². The highest BCUT2D eigenvalue weighted by Gasteiger charge is 2.48. The molecule has 1 saturated carbocycles. The third kappa shape index (κ3) is 3.75. The largest absolute Gasteiger partial charge is 0.497 e. The Morgan fingerprint density at radius 3 is 2.52 bits per heavy atom. The fourth-order valence-electron chi connectivity index (χ4n) is 5.06. The van der Waals surface area contributed by atoms with Crippen molar-refractivity contribution in [1.29, 1.82) is 0 Å². The van der Waals surface area contributed by atoms with Crippen LogP contribution < -0.4 is 4.74 Å². The first kappa shape index (κ1) is 19.9. The highest BCUT2D eigenvalue weighted by Crippen LogP contribution is 2.38. The van der Waals surface area contributed by atoms with Crippen molar-refractivity contribution in [3.8, 4) is 5.75 Å². The molecule has 2 saturated heterocycles. The lowest BCUT2D eigenvalue weighted by molar-refractivity contribution is -0.141. The first-order valence-electron chi connectivity index (χ1n) is 10.5. The van der Waals surface area contributed by atoms with Crippen LogP contribution in [0.15, 0.2) is 24.3 Å². The zero-order valence-electron chi connectivity index (χ0n) is 16.8. The summed E-state index contributed by atoms with van der Waals surface area (Å²) in [6.45, 7) is 0.384. The molecule has 2 heterocycles. The van der Waals surface area contributed by atoms with Gasteiger partial charge in [-0.1, -0.05) is 25.0 Å². The Hall–Kier alpha value is -2.41. The summed E-state index contributed by atoms with van der Waals surface area (Å²) < 4.78 is 5.27. The minimum atomic E-state index is -0.590. The van der Waals surface area contributed by atoms with Crippen molar-refractivity contribution in [2.75, 3.05) is 20.2 Å². The Bertz CT molecular complexity index is 786. The monoisotopic (exact) mass is 400 g/mol. The lowest BCUT2D eigenvalue weighted by Gasteiger charge is -2.26. The van der Waals surface area contributed by atoms with Crippen molar-refractivity contribution in [1.82, 2.24) is 9.80 Å². The van der Waals surface area contributed by atoms with Gasteiger partial charge < -0.3 is 14.7 Å². The Balaban J connectivity index is 1.43. The summed E-state index contributed by atoms with van der Waals surface area (Å²) in [7, 11) is 1.59. The van der Waals surface area contributed by atoms with E-state index in [-0.39, 0.29) is 55.1 Å². The molecular weight excluding hydrogens is 372 g/mol. The van der Waals surface area contributed by atoms with Gasteiger partial charge in [0.15, 0.2) is 0 Å². The number of ether oxygens (including phenoxy) is 1. The summed E-state index contributed by atoms with van der Waals surface area (Å²) in [5.74, 6) is -0.0532. The van der Waals surface area contributed by atoms with E-state index in [1.807, 2.05) is 24.3 Å². The zero-order valence-corrected chi connectivity index (χ0v) is 16.8. The summed E-state index contributed by atoms with van der Waals surface area (Å²) in [6.07, 6.45) is 3.48. The first-order valence-corrected chi connectivity index (χ1v) is 10.5. The van der Waals surface area contributed by atoms with Crippen molar-refractivity contribution in [2.45, 2.75) is 50.7 Å². The topological polar surface area (TPSA) is 87.2 Å². The van der Waals surface area contributed by atoms with Crippen molar-refractivity contribution >= 4 is 17.7 Å². The quantitative estimate of drug-likeness (QED) is 0.763. The standard InChI is InChI=1S/C22H28N2O5/c1-29-16-6-4-5-14(11-16)19-12-15(25)13-24(19)20(26)9-10-23-21(27)17-7-2-3-8-18(17)22(23)28/h4-6,11,15,17-19,25H,2-3,7-10,12-13H2,1H3/t15-,17-,18+,19-/m0/s1. The van der Waals surface area contributed by atoms with Crippen molar-refractivity contribution in [3.63, 3.8) is 0 Å². The van der Waals surface area contributed by atoms with Gasteiger partial charge in [-0.2, -0.15) is 0 Å². The number of likely N-dealkylation sites (tertiary alicyclic amines) is 2. The molecule has 4 atom stereocenters. The Morgan fingerprint density at radius 2 is 1.86 bits per heavy atom. The van der Waals surface area contributed by atoms with Gasteiger partial charge in [0.05, 0.1) is 31.1 Å². The average molecular weight is 400 g/mol. The fraction of sp³-hybridized carbons (Fsp3) is 0.591. The highest BCUT2D eigenvalue weighted by molar-refractivity contribution is 6.05. The number of hydrogen-bond donors (Lipinski definition) is 1. The molecule has 156 valence electrons. The number of imide groups is 1. The van der Waals surface area contributed by atoms with E-state index in [1.54, 1.807) is 12.0 Å². The van der Waals surface area contributed by atoms with Crippen LogP contribution in [0.5, 0.6) is 5.75 Å². The summed E-state index contributed by atoms with van der Waals surface area (Å²) in [4.78, 5) is 41.1. The number of hydrogen-bond acceptors (Lipinski definition) is 5. The lowest BCUT2D eigenvalue weighted by atomic mass is 9.81. The van der Waals surface area contributed by atoms with Crippen LogP contribution in [0.4, 0.5) is 0 Å². The van der Waals surface area contributed by atoms with Gasteiger partial charge in [0.2, 0.25) is 17.7 Å². The average Bonchev–Trinajstić information content (AvgIpc) is 3.25. The molecule has 0 radical (unpaired) electrons. The third-order valence-corrected chi connectivity index (χ3v) is 6.56. The van der Waals surface area contributed by atoms with Gasteiger partial charge in [-0.15, -0.1) is 0 Å². The van der Waals surface area contributed by atoms with Crippen molar-refractivity contribution in [2.24, 2.45) is 11.8 Å². The molecule has 7 heteroatoms. The second kappa shape index (κ2) is 8.14. The first-order chi connectivity index (χ1) is 14.0. The van der Waals surface area contributed by atoms with E-state index in [1.165, 1.54) is 4.90 Å². The molecule has 1 aromatic rings. The molecular formula is C22H28N2O5. The van der Waals surface area contributed by atoms with Crippen LogP contribution in [0.2, 0.25) is 0 Å². The predicted octanol–water partition coefficient (Wildman–Crippen LogP) is 1.89. The maximum atomic E-state index is 12.9. The summed E-state index contributed by atoms with van der Waals surface area (Å²) in [6, 6.07) is 7.26. The van der Waals surface area contributed by atoms with Crippen LogP contribution >= 0.6 is 0 Å². The minimum absolute atomic E-state index is 0.0874. The Kier molecular flexibility index (Phi) is 5.58. The molecule has 3 fully saturated rings. The predicted molar refractivity (Wildman–Crippen MR) is 105 cm³/mol. The van der Waals surface area contributed by atoms with E-state index in [0.717, 1.165) is 31.2 Å².